The van der Waals surface area contributed by atoms with Crippen LogP contribution in [0.3, 0.4) is 0 Å². The van der Waals surface area contributed by atoms with Crippen molar-refractivity contribution in [1.29, 1.82) is 0 Å². The van der Waals surface area contributed by atoms with Crippen LogP contribution in [0, 0.1) is 6.92 Å². The van der Waals surface area contributed by atoms with Crippen LogP contribution in [0.2, 0.25) is 0 Å². The summed E-state index contributed by atoms with van der Waals surface area (Å²) in [7, 11) is 0. The van der Waals surface area contributed by atoms with Crippen molar-refractivity contribution in [2.75, 3.05) is 6.26 Å². The Kier molecular flexibility index (Phi) is 3.72. The minimum Gasteiger partial charge on any atom is -0.309 e. The molecule has 0 aliphatic heterocycles. The first-order valence-corrected chi connectivity index (χ1v) is 8.48. The van der Waals surface area contributed by atoms with Gasteiger partial charge in [-0.25, -0.2) is 9.97 Å². The van der Waals surface area contributed by atoms with Crippen LogP contribution in [0.5, 0.6) is 0 Å². The highest BCUT2D eigenvalue weighted by Gasteiger charge is 2.28. The summed E-state index contributed by atoms with van der Waals surface area (Å²) in [6, 6.07) is 2.52. The second-order valence-electron chi connectivity index (χ2n) is 5.16. The molecular weight excluding hydrogens is 278 g/mol. The Morgan fingerprint density at radius 3 is 3.00 bits per heavy atom. The maximum atomic E-state index is 6.09. The van der Waals surface area contributed by atoms with Crippen molar-refractivity contribution in [3.63, 3.8) is 0 Å². The molecule has 1 aliphatic rings. The molecule has 0 N–H and O–H groups in total. The number of halogens is 1. The third kappa shape index (κ3) is 2.25. The lowest BCUT2D eigenvalue weighted by Crippen LogP contribution is -2.10. The first-order chi connectivity index (χ1) is 9.24. The topological polar surface area (TPSA) is 30.7 Å². The molecule has 1 aliphatic carbocycles. The summed E-state index contributed by atoms with van der Waals surface area (Å²) < 4.78 is 2.28. The number of hydrogen-bond acceptors (Lipinski definition) is 3. The van der Waals surface area contributed by atoms with E-state index in [9.17, 15) is 0 Å². The zero-order valence-electron chi connectivity index (χ0n) is 11.3. The van der Waals surface area contributed by atoms with Crippen LogP contribution < -0.4 is 0 Å². The summed E-state index contributed by atoms with van der Waals surface area (Å²) in [4.78, 5) is 9.23. The first kappa shape index (κ1) is 13.3. The van der Waals surface area contributed by atoms with Gasteiger partial charge < -0.3 is 4.57 Å². The van der Waals surface area contributed by atoms with Crippen LogP contribution in [0.15, 0.2) is 12.3 Å². The molecule has 2 aromatic rings. The van der Waals surface area contributed by atoms with E-state index in [2.05, 4.69) is 27.7 Å². The molecule has 0 spiro atoms. The monoisotopic (exact) mass is 295 g/mol. The van der Waals surface area contributed by atoms with Gasteiger partial charge in [0.1, 0.15) is 11.3 Å². The van der Waals surface area contributed by atoms with Crippen molar-refractivity contribution in [2.24, 2.45) is 0 Å². The van der Waals surface area contributed by atoms with E-state index >= 15 is 0 Å². The second kappa shape index (κ2) is 5.33. The Morgan fingerprint density at radius 1 is 1.47 bits per heavy atom. The fourth-order valence-corrected chi connectivity index (χ4v) is 3.97. The molecule has 2 heterocycles. The molecule has 5 heteroatoms. The number of nitrogens with zero attached hydrogens (tertiary/aromatic N) is 3. The van der Waals surface area contributed by atoms with E-state index < -0.39 is 0 Å². The Labute approximate surface area is 122 Å². The molecule has 0 bridgehead atoms. The van der Waals surface area contributed by atoms with Crippen molar-refractivity contribution in [1.82, 2.24) is 14.5 Å². The molecule has 0 amide bonds. The molecule has 1 saturated carbocycles. The summed E-state index contributed by atoms with van der Waals surface area (Å²) in [6.07, 6.45) is 7.75. The second-order valence-corrected chi connectivity index (χ2v) is 6.56. The van der Waals surface area contributed by atoms with Gasteiger partial charge >= 0.3 is 0 Å². The zero-order chi connectivity index (χ0) is 13.4. The maximum absolute atomic E-state index is 6.09. The largest absolute Gasteiger partial charge is 0.309 e. The lowest BCUT2D eigenvalue weighted by molar-refractivity contribution is 0.516. The average molecular weight is 296 g/mol. The molecule has 0 aromatic carbocycles. The SMILES string of the molecule is CSC1CCC(n2c(CCl)nc3c(C)ccnc32)C1. The number of alkyl halides is 1. The highest BCUT2D eigenvalue weighted by molar-refractivity contribution is 7.99. The minimum atomic E-state index is 0.455. The van der Waals surface area contributed by atoms with Gasteiger partial charge in [-0.3, -0.25) is 0 Å². The Hall–Kier alpha value is -0.740. The smallest absolute Gasteiger partial charge is 0.160 e. The quantitative estimate of drug-likeness (QED) is 0.804. The Bertz CT molecular complexity index is 596. The van der Waals surface area contributed by atoms with Crippen LogP contribution in [0.25, 0.3) is 11.2 Å². The molecule has 2 atom stereocenters. The van der Waals surface area contributed by atoms with E-state index in [0.29, 0.717) is 11.9 Å². The molecule has 2 unspecified atom stereocenters. The fourth-order valence-electron chi connectivity index (χ4n) is 3.00. The maximum Gasteiger partial charge on any atom is 0.160 e. The lowest BCUT2D eigenvalue weighted by Gasteiger charge is -2.15. The van der Waals surface area contributed by atoms with Gasteiger partial charge in [0.15, 0.2) is 5.65 Å². The normalized spacial score (nSPS) is 23.3. The number of imidazole rings is 1. The molecule has 102 valence electrons. The molecular formula is C14H18ClN3S. The van der Waals surface area contributed by atoms with E-state index in [4.69, 9.17) is 11.6 Å². The third-order valence-electron chi connectivity index (χ3n) is 4.03. The minimum absolute atomic E-state index is 0.455. The van der Waals surface area contributed by atoms with Crippen molar-refractivity contribution < 1.29 is 0 Å². The Morgan fingerprint density at radius 2 is 2.32 bits per heavy atom. The fraction of sp³-hybridized carbons (Fsp3) is 0.571. The molecule has 0 radical (unpaired) electrons. The van der Waals surface area contributed by atoms with Crippen molar-refractivity contribution in [2.45, 2.75) is 43.4 Å². The van der Waals surface area contributed by atoms with Gasteiger partial charge in [-0.2, -0.15) is 11.8 Å². The van der Waals surface area contributed by atoms with Crippen LogP contribution in [-0.4, -0.2) is 26.0 Å². The molecule has 3 rings (SSSR count). The van der Waals surface area contributed by atoms with Gasteiger partial charge in [-0.1, -0.05) is 0 Å². The van der Waals surface area contributed by atoms with Gasteiger partial charge in [-0.05, 0) is 44.1 Å². The summed E-state index contributed by atoms with van der Waals surface area (Å²) in [5, 5.41) is 0.760. The molecule has 2 aromatic heterocycles. The van der Waals surface area contributed by atoms with E-state index in [1.54, 1.807) is 0 Å². The van der Waals surface area contributed by atoms with Gasteiger partial charge in [-0.15, -0.1) is 11.6 Å². The van der Waals surface area contributed by atoms with Gasteiger partial charge in [0, 0.05) is 17.5 Å². The third-order valence-corrected chi connectivity index (χ3v) is 5.36. The van der Waals surface area contributed by atoms with Crippen LogP contribution in [0.4, 0.5) is 0 Å². The predicted molar refractivity (Wildman–Crippen MR) is 82.0 cm³/mol. The highest BCUT2D eigenvalue weighted by atomic mass is 35.5. The van der Waals surface area contributed by atoms with E-state index in [-0.39, 0.29) is 0 Å². The number of fused-ring (bicyclic) bond motifs is 1. The summed E-state index contributed by atoms with van der Waals surface area (Å²) in [6.45, 7) is 2.08. The number of aromatic nitrogens is 3. The van der Waals surface area contributed by atoms with Gasteiger partial charge in [0.2, 0.25) is 0 Å². The van der Waals surface area contributed by atoms with Crippen molar-refractivity contribution in [3.05, 3.63) is 23.7 Å². The molecule has 1 fully saturated rings. The average Bonchev–Trinajstić information content (AvgIpc) is 3.02. The first-order valence-electron chi connectivity index (χ1n) is 6.65. The van der Waals surface area contributed by atoms with Crippen molar-refractivity contribution >= 4 is 34.5 Å². The number of rotatable bonds is 3. The number of aryl methyl sites for hydroxylation is 1. The predicted octanol–water partition coefficient (Wildman–Crippen LogP) is 3.94. The molecule has 19 heavy (non-hydrogen) atoms. The van der Waals surface area contributed by atoms with Crippen LogP contribution in [-0.2, 0) is 5.88 Å². The van der Waals surface area contributed by atoms with Gasteiger partial charge in [0.05, 0.1) is 5.88 Å². The lowest BCUT2D eigenvalue weighted by atomic mass is 10.2. The van der Waals surface area contributed by atoms with Crippen LogP contribution >= 0.6 is 23.4 Å². The Balaban J connectivity index is 2.09. The van der Waals surface area contributed by atoms with Crippen molar-refractivity contribution in [3.8, 4) is 0 Å². The van der Waals surface area contributed by atoms with E-state index in [1.165, 1.54) is 24.8 Å². The molecule has 3 nitrogen and oxygen atoms in total. The van der Waals surface area contributed by atoms with E-state index in [1.807, 2.05) is 24.0 Å². The van der Waals surface area contributed by atoms with Gasteiger partial charge in [0.25, 0.3) is 0 Å². The number of pyridine rings is 1. The zero-order valence-corrected chi connectivity index (χ0v) is 12.8. The van der Waals surface area contributed by atoms with Crippen LogP contribution in [0.1, 0.15) is 36.7 Å². The highest BCUT2D eigenvalue weighted by Crippen LogP contribution is 2.38. The summed E-state index contributed by atoms with van der Waals surface area (Å²) in [5.74, 6) is 1.42. The summed E-state index contributed by atoms with van der Waals surface area (Å²) in [5.41, 5.74) is 3.18. The number of hydrogen-bond donors (Lipinski definition) is 0. The molecule has 0 saturated heterocycles. The van der Waals surface area contributed by atoms with E-state index in [0.717, 1.165) is 22.2 Å². The summed E-state index contributed by atoms with van der Waals surface area (Å²) >= 11 is 8.06. The standard InChI is InChI=1S/C14H18ClN3S/c1-9-5-6-16-14-13(9)17-12(8-15)18(14)10-3-4-11(7-10)19-2/h5-6,10-11H,3-4,7-8H2,1-2H3. The number of thioether (sulfide) groups is 1.